The third-order valence-corrected chi connectivity index (χ3v) is 5.50. The van der Waals surface area contributed by atoms with E-state index in [1.807, 2.05) is 44.1 Å². The van der Waals surface area contributed by atoms with E-state index in [4.69, 9.17) is 16.3 Å². The molecule has 0 saturated heterocycles. The minimum atomic E-state index is -0.231. The number of aryl methyl sites for hydroxylation is 1. The summed E-state index contributed by atoms with van der Waals surface area (Å²) in [7, 11) is 5.47. The van der Waals surface area contributed by atoms with E-state index in [2.05, 4.69) is 15.6 Å². The van der Waals surface area contributed by atoms with Crippen molar-refractivity contribution in [3.8, 4) is 0 Å². The van der Waals surface area contributed by atoms with E-state index < -0.39 is 0 Å². The number of anilines is 2. The molecule has 1 aromatic carbocycles. The lowest BCUT2D eigenvalue weighted by Crippen LogP contribution is -2.38. The summed E-state index contributed by atoms with van der Waals surface area (Å²) in [4.78, 5) is 33.1. The van der Waals surface area contributed by atoms with Gasteiger partial charge in [-0.15, -0.1) is 11.3 Å². The Hall–Kier alpha value is -2.20. The summed E-state index contributed by atoms with van der Waals surface area (Å²) in [6.07, 6.45) is 0.222. The SMILES string of the molecule is COCCN(CCC(=O)NCCN(C)C)C(=O)c1csc(Nc2cc(Cl)ccc2C)n1. The number of benzene rings is 1. The standard InChI is InChI=1S/C21H30ClN5O3S/c1-15-5-6-16(22)13-17(15)24-21-25-18(14-31-21)20(29)27(11-12-30-4)9-7-19(28)23-8-10-26(2)3/h5-6,13-14H,7-12H2,1-4H3,(H,23,28)(H,24,25). The van der Waals surface area contributed by atoms with Crippen molar-refractivity contribution >= 4 is 45.6 Å². The Morgan fingerprint density at radius 3 is 2.71 bits per heavy atom. The number of rotatable bonds is 12. The first-order valence-corrected chi connectivity index (χ1v) is 11.2. The molecule has 2 aromatic rings. The highest BCUT2D eigenvalue weighted by atomic mass is 35.5. The smallest absolute Gasteiger partial charge is 0.273 e. The molecule has 10 heteroatoms. The number of amides is 2. The molecule has 2 rings (SSSR count). The topological polar surface area (TPSA) is 86.8 Å². The van der Waals surface area contributed by atoms with Crippen LogP contribution in [0.4, 0.5) is 10.8 Å². The predicted octanol–water partition coefficient (Wildman–Crippen LogP) is 3.01. The Kier molecular flexibility index (Phi) is 10.2. The van der Waals surface area contributed by atoms with Gasteiger partial charge in [0.05, 0.1) is 6.61 Å². The van der Waals surface area contributed by atoms with E-state index in [1.165, 1.54) is 11.3 Å². The summed E-state index contributed by atoms with van der Waals surface area (Å²) >= 11 is 7.41. The van der Waals surface area contributed by atoms with Gasteiger partial charge in [-0.25, -0.2) is 4.98 Å². The van der Waals surface area contributed by atoms with Gasteiger partial charge in [-0.05, 0) is 38.7 Å². The van der Waals surface area contributed by atoms with E-state index in [9.17, 15) is 9.59 Å². The molecule has 1 heterocycles. The number of nitrogens with one attached hydrogen (secondary N) is 2. The van der Waals surface area contributed by atoms with Crippen LogP contribution in [-0.2, 0) is 9.53 Å². The molecule has 0 atom stereocenters. The Balaban J connectivity index is 1.99. The molecule has 170 valence electrons. The van der Waals surface area contributed by atoms with Crippen molar-refractivity contribution in [1.82, 2.24) is 20.1 Å². The van der Waals surface area contributed by atoms with Crippen LogP contribution in [0.2, 0.25) is 5.02 Å². The van der Waals surface area contributed by atoms with Crippen LogP contribution in [0.15, 0.2) is 23.6 Å². The zero-order valence-corrected chi connectivity index (χ0v) is 20.0. The third kappa shape index (κ3) is 8.45. The number of carbonyl (C=O) groups excluding carboxylic acids is 2. The minimum Gasteiger partial charge on any atom is -0.383 e. The zero-order chi connectivity index (χ0) is 22.8. The van der Waals surface area contributed by atoms with Crippen molar-refractivity contribution in [2.24, 2.45) is 0 Å². The van der Waals surface area contributed by atoms with Crippen molar-refractivity contribution < 1.29 is 14.3 Å². The summed E-state index contributed by atoms with van der Waals surface area (Å²) in [5, 5.41) is 9.00. The summed E-state index contributed by atoms with van der Waals surface area (Å²) < 4.78 is 5.12. The van der Waals surface area contributed by atoms with Gasteiger partial charge < -0.3 is 25.2 Å². The second-order valence-electron chi connectivity index (χ2n) is 7.31. The zero-order valence-electron chi connectivity index (χ0n) is 18.4. The van der Waals surface area contributed by atoms with E-state index in [0.717, 1.165) is 17.8 Å². The highest BCUT2D eigenvalue weighted by Gasteiger charge is 2.20. The second kappa shape index (κ2) is 12.6. The van der Waals surface area contributed by atoms with Crippen molar-refractivity contribution in [1.29, 1.82) is 0 Å². The summed E-state index contributed by atoms with van der Waals surface area (Å²) in [5.41, 5.74) is 2.19. The maximum atomic E-state index is 13.0. The summed E-state index contributed by atoms with van der Waals surface area (Å²) in [6, 6.07) is 5.56. The molecule has 0 unspecified atom stereocenters. The van der Waals surface area contributed by atoms with Crippen LogP contribution < -0.4 is 10.6 Å². The number of ether oxygens (including phenoxy) is 1. The Labute approximate surface area is 192 Å². The number of halogens is 1. The number of carbonyl (C=O) groups is 2. The number of hydrogen-bond acceptors (Lipinski definition) is 7. The summed E-state index contributed by atoms with van der Waals surface area (Å²) in [5.74, 6) is -0.320. The molecule has 0 aliphatic carbocycles. The van der Waals surface area contributed by atoms with Crippen LogP contribution in [0.3, 0.4) is 0 Å². The van der Waals surface area contributed by atoms with Crippen LogP contribution in [0.25, 0.3) is 0 Å². The average Bonchev–Trinajstić information content (AvgIpc) is 3.18. The highest BCUT2D eigenvalue weighted by molar-refractivity contribution is 7.14. The monoisotopic (exact) mass is 467 g/mol. The lowest BCUT2D eigenvalue weighted by atomic mass is 10.2. The van der Waals surface area contributed by atoms with Gasteiger partial charge >= 0.3 is 0 Å². The van der Waals surface area contributed by atoms with E-state index >= 15 is 0 Å². The fraction of sp³-hybridized carbons (Fsp3) is 0.476. The first kappa shape index (κ1) is 25.1. The van der Waals surface area contributed by atoms with Crippen LogP contribution in [0, 0.1) is 6.92 Å². The number of nitrogens with zero attached hydrogens (tertiary/aromatic N) is 3. The molecular weight excluding hydrogens is 438 g/mol. The van der Waals surface area contributed by atoms with Crippen LogP contribution >= 0.6 is 22.9 Å². The lowest BCUT2D eigenvalue weighted by Gasteiger charge is -2.21. The maximum Gasteiger partial charge on any atom is 0.273 e. The molecule has 31 heavy (non-hydrogen) atoms. The second-order valence-corrected chi connectivity index (χ2v) is 8.60. The number of aromatic nitrogens is 1. The molecule has 8 nitrogen and oxygen atoms in total. The normalized spacial score (nSPS) is 10.9. The molecule has 2 amide bonds. The molecule has 2 N–H and O–H groups in total. The quantitative estimate of drug-likeness (QED) is 0.499. The van der Waals surface area contributed by atoms with Crippen LogP contribution in [0.5, 0.6) is 0 Å². The molecule has 1 aromatic heterocycles. The van der Waals surface area contributed by atoms with E-state index in [-0.39, 0.29) is 18.2 Å². The number of likely N-dealkylation sites (N-methyl/N-ethyl adjacent to an activating group) is 1. The van der Waals surface area contributed by atoms with Gasteiger partial charge in [-0.2, -0.15) is 0 Å². The lowest BCUT2D eigenvalue weighted by molar-refractivity contribution is -0.121. The molecular formula is C21H30ClN5O3S. The number of thiazole rings is 1. The van der Waals surface area contributed by atoms with Gasteiger partial charge in [0.1, 0.15) is 5.69 Å². The van der Waals surface area contributed by atoms with Crippen LogP contribution in [-0.4, -0.2) is 80.6 Å². The molecule has 0 saturated carbocycles. The largest absolute Gasteiger partial charge is 0.383 e. The molecule has 0 aliphatic heterocycles. The van der Waals surface area contributed by atoms with Crippen molar-refractivity contribution in [3.63, 3.8) is 0 Å². The van der Waals surface area contributed by atoms with Gasteiger partial charge in [0.25, 0.3) is 5.91 Å². The molecule has 0 radical (unpaired) electrons. The maximum absolute atomic E-state index is 13.0. The van der Waals surface area contributed by atoms with Gasteiger partial charge in [0.15, 0.2) is 5.13 Å². The van der Waals surface area contributed by atoms with E-state index in [1.54, 1.807) is 17.4 Å². The predicted molar refractivity (Wildman–Crippen MR) is 126 cm³/mol. The average molecular weight is 468 g/mol. The van der Waals surface area contributed by atoms with Crippen molar-refractivity contribution in [2.45, 2.75) is 13.3 Å². The van der Waals surface area contributed by atoms with Gasteiger partial charge in [0, 0.05) is 55.8 Å². The molecule has 0 fully saturated rings. The first-order chi connectivity index (χ1) is 14.8. The number of methoxy groups -OCH3 is 1. The van der Waals surface area contributed by atoms with E-state index in [0.29, 0.717) is 42.1 Å². The molecule has 0 bridgehead atoms. The fourth-order valence-corrected chi connectivity index (χ4v) is 3.56. The van der Waals surface area contributed by atoms with Gasteiger partial charge in [0.2, 0.25) is 5.91 Å². The third-order valence-electron chi connectivity index (χ3n) is 4.51. The molecule has 0 aliphatic rings. The summed E-state index contributed by atoms with van der Waals surface area (Å²) in [6.45, 7) is 4.36. The highest BCUT2D eigenvalue weighted by Crippen LogP contribution is 2.26. The Bertz CT molecular complexity index is 874. The van der Waals surface area contributed by atoms with Crippen molar-refractivity contribution in [2.75, 3.05) is 59.3 Å². The minimum absolute atomic E-state index is 0.0888. The van der Waals surface area contributed by atoms with Gasteiger partial charge in [-0.1, -0.05) is 17.7 Å². The van der Waals surface area contributed by atoms with Gasteiger partial charge in [-0.3, -0.25) is 9.59 Å². The number of hydrogen-bond donors (Lipinski definition) is 2. The molecule has 0 spiro atoms. The Morgan fingerprint density at radius 2 is 2.00 bits per heavy atom. The fourth-order valence-electron chi connectivity index (χ4n) is 2.70. The Morgan fingerprint density at radius 1 is 1.23 bits per heavy atom. The first-order valence-electron chi connectivity index (χ1n) is 9.98. The van der Waals surface area contributed by atoms with Crippen LogP contribution in [0.1, 0.15) is 22.5 Å². The van der Waals surface area contributed by atoms with Crippen molar-refractivity contribution in [3.05, 3.63) is 39.9 Å².